The van der Waals surface area contributed by atoms with Crippen LogP contribution in [0.4, 0.5) is 0 Å². The highest BCUT2D eigenvalue weighted by Crippen LogP contribution is 2.26. The quantitative estimate of drug-likeness (QED) is 0.0238. The Hall–Kier alpha value is -2.20. The molecule has 0 spiro atoms. The van der Waals surface area contributed by atoms with Crippen LogP contribution in [0.2, 0.25) is 0 Å². The van der Waals surface area contributed by atoms with Crippen LogP contribution in [0.15, 0.2) is 60.8 Å². The van der Waals surface area contributed by atoms with Crippen LogP contribution in [-0.4, -0.2) is 97.5 Å². The van der Waals surface area contributed by atoms with Crippen molar-refractivity contribution in [2.45, 2.75) is 160 Å². The van der Waals surface area contributed by atoms with Gasteiger partial charge in [-0.15, -0.1) is 0 Å². The molecular weight excluding hydrogens is 704 g/mol. The van der Waals surface area contributed by atoms with Gasteiger partial charge < -0.3 is 34.3 Å². The lowest BCUT2D eigenvalue weighted by atomic mass is 9.99. The van der Waals surface area contributed by atoms with Crippen LogP contribution in [0.25, 0.3) is 0 Å². The van der Waals surface area contributed by atoms with Gasteiger partial charge in [0.15, 0.2) is 6.29 Å². The summed E-state index contributed by atoms with van der Waals surface area (Å²) in [5, 5.41) is 30.3. The first-order valence-electron chi connectivity index (χ1n) is 19.5. The van der Waals surface area contributed by atoms with Crippen molar-refractivity contribution in [3.63, 3.8) is 0 Å². The SMILES string of the molecule is CC/C=C\C/C=C\C/C=C\C/C=C\C/C=C\CCCCCCCCCCOCC(COC1OC(CO)C(O)C(OS(=O)(=O)O)C1O)OC(=O)CCCC. The lowest BCUT2D eigenvalue weighted by Gasteiger charge is -2.41. The maximum atomic E-state index is 12.3. The van der Waals surface area contributed by atoms with Crippen molar-refractivity contribution in [1.29, 1.82) is 0 Å². The van der Waals surface area contributed by atoms with E-state index >= 15 is 0 Å². The van der Waals surface area contributed by atoms with E-state index in [0.29, 0.717) is 13.0 Å². The van der Waals surface area contributed by atoms with Crippen molar-refractivity contribution in [2.24, 2.45) is 0 Å². The Kier molecular flexibility index (Phi) is 29.6. The molecule has 1 fully saturated rings. The van der Waals surface area contributed by atoms with Gasteiger partial charge in [-0.05, 0) is 57.8 Å². The van der Waals surface area contributed by atoms with E-state index in [0.717, 1.165) is 64.2 Å². The van der Waals surface area contributed by atoms with Crippen LogP contribution < -0.4 is 0 Å². The summed E-state index contributed by atoms with van der Waals surface area (Å²) in [4.78, 5) is 12.3. The second-order valence-electron chi connectivity index (χ2n) is 13.1. The molecule has 13 heteroatoms. The predicted octanol–water partition coefficient (Wildman–Crippen LogP) is 7.01. The lowest BCUT2D eigenvalue weighted by molar-refractivity contribution is -0.301. The molecule has 0 amide bonds. The third-order valence-corrected chi connectivity index (χ3v) is 8.87. The van der Waals surface area contributed by atoms with Crippen molar-refractivity contribution in [2.75, 3.05) is 26.4 Å². The van der Waals surface area contributed by atoms with Gasteiger partial charge in [-0.3, -0.25) is 9.35 Å². The molecular formula is C40H68O12S. The number of ether oxygens (including phenoxy) is 4. The van der Waals surface area contributed by atoms with E-state index in [4.69, 9.17) is 23.5 Å². The molecule has 0 aromatic carbocycles. The molecule has 53 heavy (non-hydrogen) atoms. The number of hydrogen-bond donors (Lipinski definition) is 4. The Balaban J connectivity index is 2.22. The largest absolute Gasteiger partial charge is 0.457 e. The average Bonchev–Trinajstić information content (AvgIpc) is 3.13. The number of unbranched alkanes of at least 4 members (excludes halogenated alkanes) is 9. The van der Waals surface area contributed by atoms with Crippen molar-refractivity contribution >= 4 is 16.4 Å². The highest BCUT2D eigenvalue weighted by molar-refractivity contribution is 7.80. The fraction of sp³-hybridized carbons (Fsp3) is 0.725. The van der Waals surface area contributed by atoms with E-state index in [2.05, 4.69) is 71.9 Å². The minimum Gasteiger partial charge on any atom is -0.457 e. The fourth-order valence-corrected chi connectivity index (χ4v) is 5.95. The summed E-state index contributed by atoms with van der Waals surface area (Å²) in [6.07, 6.45) is 29.8. The lowest BCUT2D eigenvalue weighted by Crippen LogP contribution is -2.60. The molecule has 1 saturated heterocycles. The number of aliphatic hydroxyl groups excluding tert-OH is 3. The topological polar surface area (TPSA) is 178 Å². The van der Waals surface area contributed by atoms with Crippen LogP contribution in [0.1, 0.15) is 123 Å². The number of hydrogen-bond acceptors (Lipinski definition) is 11. The van der Waals surface area contributed by atoms with Gasteiger partial charge in [-0.25, -0.2) is 4.18 Å². The summed E-state index contributed by atoms with van der Waals surface area (Å²) in [6, 6.07) is 0. The van der Waals surface area contributed by atoms with Gasteiger partial charge in [0.05, 0.1) is 19.8 Å². The van der Waals surface area contributed by atoms with E-state index in [1.165, 1.54) is 32.1 Å². The minimum absolute atomic E-state index is 0.0234. The molecule has 0 saturated carbocycles. The molecule has 1 aliphatic rings. The molecule has 306 valence electrons. The van der Waals surface area contributed by atoms with E-state index in [-0.39, 0.29) is 19.6 Å². The molecule has 1 rings (SSSR count). The maximum Gasteiger partial charge on any atom is 0.397 e. The normalized spacial score (nSPS) is 22.0. The Morgan fingerprint density at radius 3 is 1.83 bits per heavy atom. The number of allylic oxidation sites excluding steroid dienone is 10. The highest BCUT2D eigenvalue weighted by atomic mass is 32.3. The van der Waals surface area contributed by atoms with Gasteiger partial charge in [-0.2, -0.15) is 8.42 Å². The summed E-state index contributed by atoms with van der Waals surface area (Å²) >= 11 is 0. The number of aliphatic hydroxyl groups is 3. The Bertz CT molecular complexity index is 1170. The van der Waals surface area contributed by atoms with Crippen LogP contribution in [-0.2, 0) is 38.3 Å². The van der Waals surface area contributed by atoms with Crippen molar-refractivity contribution in [3.05, 3.63) is 60.8 Å². The van der Waals surface area contributed by atoms with Crippen LogP contribution in [0.5, 0.6) is 0 Å². The predicted molar refractivity (Wildman–Crippen MR) is 206 cm³/mol. The number of carbonyl (C=O) groups is 1. The summed E-state index contributed by atoms with van der Waals surface area (Å²) in [6.45, 7) is 3.55. The number of carbonyl (C=O) groups excluding carboxylic acids is 1. The van der Waals surface area contributed by atoms with Gasteiger partial charge in [0.1, 0.15) is 30.5 Å². The Labute approximate surface area is 318 Å². The van der Waals surface area contributed by atoms with Gasteiger partial charge in [0.2, 0.25) is 0 Å². The molecule has 6 unspecified atom stereocenters. The monoisotopic (exact) mass is 772 g/mol. The van der Waals surface area contributed by atoms with Gasteiger partial charge in [-0.1, -0.05) is 120 Å². The zero-order valence-corrected chi connectivity index (χ0v) is 32.9. The van der Waals surface area contributed by atoms with Gasteiger partial charge >= 0.3 is 16.4 Å². The maximum absolute atomic E-state index is 12.3. The average molecular weight is 773 g/mol. The second-order valence-corrected chi connectivity index (χ2v) is 14.2. The molecule has 1 heterocycles. The molecule has 0 aliphatic carbocycles. The van der Waals surface area contributed by atoms with Crippen LogP contribution >= 0.6 is 0 Å². The van der Waals surface area contributed by atoms with Crippen molar-refractivity contribution in [1.82, 2.24) is 0 Å². The fourth-order valence-electron chi connectivity index (χ4n) is 5.44. The Morgan fingerprint density at radius 1 is 0.736 bits per heavy atom. The molecule has 12 nitrogen and oxygen atoms in total. The summed E-state index contributed by atoms with van der Waals surface area (Å²) in [5.74, 6) is -0.441. The third kappa shape index (κ3) is 26.3. The zero-order valence-electron chi connectivity index (χ0n) is 32.0. The summed E-state index contributed by atoms with van der Waals surface area (Å²) < 4.78 is 58.2. The first-order valence-corrected chi connectivity index (χ1v) is 20.9. The van der Waals surface area contributed by atoms with E-state index < -0.39 is 59.8 Å². The molecule has 0 bridgehead atoms. The first kappa shape index (κ1) is 48.8. The van der Waals surface area contributed by atoms with E-state index in [9.17, 15) is 28.5 Å². The minimum atomic E-state index is -5.05. The van der Waals surface area contributed by atoms with E-state index in [1.807, 2.05) is 6.92 Å². The molecule has 6 atom stereocenters. The molecule has 0 aromatic rings. The third-order valence-electron chi connectivity index (χ3n) is 8.40. The smallest absolute Gasteiger partial charge is 0.397 e. The van der Waals surface area contributed by atoms with Crippen molar-refractivity contribution in [3.8, 4) is 0 Å². The highest BCUT2D eigenvalue weighted by Gasteiger charge is 2.48. The van der Waals surface area contributed by atoms with Crippen LogP contribution in [0.3, 0.4) is 0 Å². The molecule has 0 radical (unpaired) electrons. The van der Waals surface area contributed by atoms with Gasteiger partial charge in [0.25, 0.3) is 0 Å². The Morgan fingerprint density at radius 2 is 1.28 bits per heavy atom. The first-order chi connectivity index (χ1) is 25.6. The molecule has 0 aromatic heterocycles. The van der Waals surface area contributed by atoms with E-state index in [1.54, 1.807) is 0 Å². The number of rotatable bonds is 32. The summed E-state index contributed by atoms with van der Waals surface area (Å²) in [5.41, 5.74) is 0. The number of esters is 1. The second kappa shape index (κ2) is 32.1. The zero-order chi connectivity index (χ0) is 39.0. The van der Waals surface area contributed by atoms with Gasteiger partial charge in [0, 0.05) is 13.0 Å². The summed E-state index contributed by atoms with van der Waals surface area (Å²) in [7, 11) is -5.05. The molecule has 1 aliphatic heterocycles. The molecule has 4 N–H and O–H groups in total. The van der Waals surface area contributed by atoms with Crippen molar-refractivity contribution < 1.29 is 56.2 Å². The van der Waals surface area contributed by atoms with Crippen LogP contribution in [0, 0.1) is 0 Å². The standard InChI is InChI=1S/C40H68O12S/c1-3-5-7-8-9-10-11-12-13-14-15-16-17-18-19-20-21-22-23-24-25-26-27-28-30-48-32-34(50-36(42)29-6-4-2)33-49-40-38(44)39(52-53(45,46)47)37(43)35(31-41)51-40/h5,7,9-10,12-13,15-16,18-19,34-35,37-41,43-44H,3-4,6,8,11,14,17,20-33H2,1-2H3,(H,45,46,47)/b7-5-,10-9-,13-12-,16-15-,19-18-.